The standard InChI is InChI=1S/C29H31N3O3S2/c1-17-8-4-5-11-23(17)32-28(34)26-21-10-6-12-25(21)37-27(26)30-29(32)36-16-24(33)22-14-18(2)31(19(22)3)15-20-9-7-13-35-20/h4-5,8,11,14,20H,6-7,9-10,12-13,15-16H2,1-3H3/t20-/m0/s1. The molecule has 0 N–H and O–H groups in total. The third-order valence-electron chi connectivity index (χ3n) is 7.68. The number of ketones is 1. The highest BCUT2D eigenvalue weighted by atomic mass is 32.2. The summed E-state index contributed by atoms with van der Waals surface area (Å²) in [5, 5.41) is 1.34. The second-order valence-electron chi connectivity index (χ2n) is 10.1. The monoisotopic (exact) mass is 533 g/mol. The van der Waals surface area contributed by atoms with Gasteiger partial charge in [-0.3, -0.25) is 14.2 Å². The molecule has 1 fully saturated rings. The SMILES string of the molecule is Cc1ccccc1-n1c(SCC(=O)c2cc(C)n(C[C@@H]3CCCO3)c2C)nc2sc3c(c2c1=O)CCC3. The number of carbonyl (C=O) groups is 1. The third kappa shape index (κ3) is 4.39. The first-order valence-electron chi connectivity index (χ1n) is 13.0. The number of hydrogen-bond acceptors (Lipinski definition) is 6. The van der Waals surface area contributed by atoms with E-state index in [0.29, 0.717) is 5.16 Å². The zero-order valence-electron chi connectivity index (χ0n) is 21.5. The van der Waals surface area contributed by atoms with Crippen LogP contribution in [0.2, 0.25) is 0 Å². The molecule has 37 heavy (non-hydrogen) atoms. The van der Waals surface area contributed by atoms with Gasteiger partial charge < -0.3 is 9.30 Å². The van der Waals surface area contributed by atoms with Crippen LogP contribution in [0.1, 0.15) is 57.0 Å². The van der Waals surface area contributed by atoms with E-state index >= 15 is 0 Å². The van der Waals surface area contributed by atoms with Gasteiger partial charge >= 0.3 is 0 Å². The Morgan fingerprint density at radius 3 is 2.81 bits per heavy atom. The number of thioether (sulfide) groups is 1. The Hall–Kier alpha value is -2.68. The number of nitrogens with zero attached hydrogens (tertiary/aromatic N) is 3. The number of fused-ring (bicyclic) bond motifs is 3. The highest BCUT2D eigenvalue weighted by Gasteiger charge is 2.26. The largest absolute Gasteiger partial charge is 0.376 e. The first-order chi connectivity index (χ1) is 17.9. The Labute approximate surface area is 224 Å². The minimum atomic E-state index is -0.0246. The van der Waals surface area contributed by atoms with Crippen LogP contribution in [0.5, 0.6) is 0 Å². The van der Waals surface area contributed by atoms with E-state index in [1.807, 2.05) is 51.1 Å². The summed E-state index contributed by atoms with van der Waals surface area (Å²) in [7, 11) is 0. The zero-order chi connectivity index (χ0) is 25.7. The van der Waals surface area contributed by atoms with Crippen molar-refractivity contribution in [3.8, 4) is 5.69 Å². The maximum atomic E-state index is 13.9. The number of rotatable bonds is 7. The lowest BCUT2D eigenvalue weighted by Crippen LogP contribution is -2.23. The molecule has 192 valence electrons. The molecule has 6 rings (SSSR count). The summed E-state index contributed by atoms with van der Waals surface area (Å²) in [6, 6.07) is 9.87. The average Bonchev–Trinajstić information content (AvgIpc) is 3.66. The van der Waals surface area contributed by atoms with E-state index in [4.69, 9.17) is 9.72 Å². The van der Waals surface area contributed by atoms with Crippen molar-refractivity contribution in [1.82, 2.24) is 14.1 Å². The molecule has 1 aliphatic heterocycles. The van der Waals surface area contributed by atoms with Gasteiger partial charge in [-0.1, -0.05) is 30.0 Å². The molecule has 0 bridgehead atoms. The van der Waals surface area contributed by atoms with Crippen molar-refractivity contribution < 1.29 is 9.53 Å². The molecule has 4 heterocycles. The second kappa shape index (κ2) is 9.89. The molecule has 1 aliphatic carbocycles. The summed E-state index contributed by atoms with van der Waals surface area (Å²) < 4.78 is 9.75. The minimum absolute atomic E-state index is 0.0246. The summed E-state index contributed by atoms with van der Waals surface area (Å²) in [4.78, 5) is 34.4. The maximum Gasteiger partial charge on any atom is 0.267 e. The molecule has 1 atom stereocenters. The van der Waals surface area contributed by atoms with Gasteiger partial charge in [0.2, 0.25) is 0 Å². The van der Waals surface area contributed by atoms with Gasteiger partial charge in [0.05, 0.1) is 22.9 Å². The van der Waals surface area contributed by atoms with E-state index in [2.05, 4.69) is 4.57 Å². The Bertz CT molecular complexity index is 1570. The predicted molar refractivity (Wildman–Crippen MR) is 150 cm³/mol. The van der Waals surface area contributed by atoms with Crippen LogP contribution in [0.25, 0.3) is 15.9 Å². The highest BCUT2D eigenvalue weighted by Crippen LogP contribution is 2.36. The second-order valence-corrected chi connectivity index (χ2v) is 12.1. The summed E-state index contributed by atoms with van der Waals surface area (Å²) in [5.74, 6) is 0.273. The van der Waals surface area contributed by atoms with Gasteiger partial charge in [0.1, 0.15) is 4.83 Å². The molecule has 0 unspecified atom stereocenters. The molecule has 8 heteroatoms. The van der Waals surface area contributed by atoms with Crippen LogP contribution in [-0.4, -0.2) is 38.4 Å². The first-order valence-corrected chi connectivity index (χ1v) is 14.8. The number of hydrogen-bond donors (Lipinski definition) is 0. The fourth-order valence-electron chi connectivity index (χ4n) is 5.71. The lowest BCUT2D eigenvalue weighted by Gasteiger charge is -2.15. The van der Waals surface area contributed by atoms with Crippen molar-refractivity contribution in [3.63, 3.8) is 0 Å². The van der Waals surface area contributed by atoms with Gasteiger partial charge in [-0.15, -0.1) is 11.3 Å². The number of para-hydroxylation sites is 1. The molecule has 0 spiro atoms. The van der Waals surface area contributed by atoms with Crippen LogP contribution >= 0.6 is 23.1 Å². The highest BCUT2D eigenvalue weighted by molar-refractivity contribution is 7.99. The number of thiophene rings is 1. The molecule has 1 aromatic carbocycles. The van der Waals surface area contributed by atoms with E-state index in [0.717, 1.165) is 83.7 Å². The number of aryl methyl sites for hydroxylation is 4. The van der Waals surface area contributed by atoms with Gasteiger partial charge in [0.15, 0.2) is 10.9 Å². The van der Waals surface area contributed by atoms with E-state index in [1.54, 1.807) is 15.9 Å². The van der Waals surface area contributed by atoms with Crippen LogP contribution in [0, 0.1) is 20.8 Å². The molecule has 0 radical (unpaired) electrons. The predicted octanol–water partition coefficient (Wildman–Crippen LogP) is 5.82. The van der Waals surface area contributed by atoms with Crippen molar-refractivity contribution in [2.24, 2.45) is 0 Å². The Morgan fingerprint density at radius 2 is 2.03 bits per heavy atom. The van der Waals surface area contributed by atoms with Crippen molar-refractivity contribution >= 4 is 39.1 Å². The van der Waals surface area contributed by atoms with E-state index in [1.165, 1.54) is 22.2 Å². The lowest BCUT2D eigenvalue weighted by molar-refractivity contribution is 0.0957. The maximum absolute atomic E-state index is 13.9. The van der Waals surface area contributed by atoms with E-state index in [9.17, 15) is 9.59 Å². The Kier molecular flexibility index (Phi) is 6.59. The molecular weight excluding hydrogens is 502 g/mol. The van der Waals surface area contributed by atoms with Crippen molar-refractivity contribution in [2.45, 2.75) is 70.7 Å². The lowest BCUT2D eigenvalue weighted by atomic mass is 10.2. The number of ether oxygens (including phenoxy) is 1. The van der Waals surface area contributed by atoms with Gasteiger partial charge in [-0.2, -0.15) is 0 Å². The van der Waals surface area contributed by atoms with Gasteiger partial charge in [-0.25, -0.2) is 4.98 Å². The van der Waals surface area contributed by atoms with E-state index in [-0.39, 0.29) is 23.2 Å². The number of carbonyl (C=O) groups excluding carboxylic acids is 1. The molecule has 1 saturated heterocycles. The Balaban J connectivity index is 1.34. The van der Waals surface area contributed by atoms with E-state index < -0.39 is 0 Å². The molecule has 0 saturated carbocycles. The topological polar surface area (TPSA) is 66.1 Å². The van der Waals surface area contributed by atoms with Crippen LogP contribution in [0.4, 0.5) is 0 Å². The van der Waals surface area contributed by atoms with Crippen molar-refractivity contribution in [2.75, 3.05) is 12.4 Å². The number of Topliss-reactive ketones (excluding diaryl/α,β-unsaturated/α-hetero) is 1. The normalized spacial score (nSPS) is 17.1. The summed E-state index contributed by atoms with van der Waals surface area (Å²) in [6.07, 6.45) is 5.42. The molecule has 2 aliphatic rings. The van der Waals surface area contributed by atoms with Gasteiger partial charge in [0, 0.05) is 35.0 Å². The van der Waals surface area contributed by atoms with Crippen LogP contribution < -0.4 is 5.56 Å². The molecule has 4 aromatic rings. The van der Waals surface area contributed by atoms with Crippen molar-refractivity contribution in [1.29, 1.82) is 0 Å². The number of benzene rings is 1. The molecule has 3 aromatic heterocycles. The molecule has 0 amide bonds. The summed E-state index contributed by atoms with van der Waals surface area (Å²) >= 11 is 2.99. The average molecular weight is 534 g/mol. The molecule has 6 nitrogen and oxygen atoms in total. The van der Waals surface area contributed by atoms with Crippen molar-refractivity contribution in [3.05, 3.63) is 73.6 Å². The number of aromatic nitrogens is 3. The zero-order valence-corrected chi connectivity index (χ0v) is 23.1. The smallest absolute Gasteiger partial charge is 0.267 e. The van der Waals surface area contributed by atoms with Crippen LogP contribution in [0.3, 0.4) is 0 Å². The van der Waals surface area contributed by atoms with Crippen LogP contribution in [-0.2, 0) is 24.1 Å². The van der Waals surface area contributed by atoms with Crippen LogP contribution in [0.15, 0.2) is 40.3 Å². The fraction of sp³-hybridized carbons (Fsp3) is 0.414. The Morgan fingerprint density at radius 1 is 1.19 bits per heavy atom. The molecular formula is C29H31N3O3S2. The first kappa shape index (κ1) is 24.6. The summed E-state index contributed by atoms with van der Waals surface area (Å²) in [5.41, 5.74) is 5.77. The quantitative estimate of drug-likeness (QED) is 0.170. The minimum Gasteiger partial charge on any atom is -0.376 e. The summed E-state index contributed by atoms with van der Waals surface area (Å²) in [6.45, 7) is 7.67. The third-order valence-corrected chi connectivity index (χ3v) is 9.81. The fourth-order valence-corrected chi connectivity index (χ4v) is 7.90. The van der Waals surface area contributed by atoms with Gasteiger partial charge in [-0.05, 0) is 76.1 Å². The van der Waals surface area contributed by atoms with Gasteiger partial charge in [0.25, 0.3) is 5.56 Å².